The van der Waals surface area contributed by atoms with Gasteiger partial charge in [0.05, 0.1) is 16.2 Å². The second-order valence-corrected chi connectivity index (χ2v) is 37.2. The van der Waals surface area contributed by atoms with Gasteiger partial charge in [-0.15, -0.1) is 24.0 Å². The molecule has 0 atom stereocenters. The molecule has 10 rings (SSSR count). The van der Waals surface area contributed by atoms with Gasteiger partial charge >= 0.3 is 18.3 Å². The molecule has 592 valence electrons. The molecular formula is C82H156Cl2N8O9. The molecule has 6 saturated heterocycles. The first-order valence-corrected chi connectivity index (χ1v) is 39.2. The first kappa shape index (κ1) is 93.8. The number of nitrogens with two attached hydrogens (primary N) is 1. The van der Waals surface area contributed by atoms with Gasteiger partial charge in [-0.1, -0.05) is 107 Å². The van der Waals surface area contributed by atoms with Crippen LogP contribution in [-0.2, 0) is 28.6 Å². The van der Waals surface area contributed by atoms with Gasteiger partial charge in [-0.25, -0.2) is 14.4 Å². The van der Waals surface area contributed by atoms with Crippen molar-refractivity contribution in [3.63, 3.8) is 0 Å². The average molecular weight is 1470 g/mol. The number of carbonyl (C=O) groups is 6. The topological polar surface area (TPSA) is 196 Å². The van der Waals surface area contributed by atoms with Crippen molar-refractivity contribution < 1.29 is 43.0 Å². The fourth-order valence-electron chi connectivity index (χ4n) is 18.5. The minimum Gasteiger partial charge on any atom is -0.444 e. The highest BCUT2D eigenvalue weighted by molar-refractivity contribution is 6.19. The predicted octanol–water partition coefficient (Wildman–Crippen LogP) is 18.7. The van der Waals surface area contributed by atoms with Crippen LogP contribution in [0.5, 0.6) is 0 Å². The number of hydrogen-bond acceptors (Lipinski definition) is 11. The van der Waals surface area contributed by atoms with Gasteiger partial charge in [0, 0.05) is 77.9 Å². The van der Waals surface area contributed by atoms with E-state index in [0.29, 0.717) is 54.6 Å². The second kappa shape index (κ2) is 39.5. The quantitative estimate of drug-likeness (QED) is 0.0901. The Labute approximate surface area is 629 Å². The summed E-state index contributed by atoms with van der Waals surface area (Å²) in [4.78, 5) is 84.3. The lowest BCUT2D eigenvalue weighted by molar-refractivity contribution is -0.162. The Hall–Kier alpha value is -3.28. The summed E-state index contributed by atoms with van der Waals surface area (Å²) in [7, 11) is 0. The van der Waals surface area contributed by atoms with Gasteiger partial charge in [0.1, 0.15) is 16.8 Å². The van der Waals surface area contributed by atoms with Crippen LogP contribution in [0.15, 0.2) is 0 Å². The molecule has 0 unspecified atom stereocenters. The highest BCUT2D eigenvalue weighted by Crippen LogP contribution is 2.51. The Morgan fingerprint density at radius 3 is 0.990 bits per heavy atom. The van der Waals surface area contributed by atoms with Gasteiger partial charge in [-0.3, -0.25) is 14.4 Å². The van der Waals surface area contributed by atoms with Crippen LogP contribution < -0.4 is 16.4 Å². The van der Waals surface area contributed by atoms with Gasteiger partial charge in [-0.05, 0) is 272 Å². The molecule has 6 amide bonds. The van der Waals surface area contributed by atoms with Crippen molar-refractivity contribution in [1.82, 2.24) is 35.1 Å². The predicted molar refractivity (Wildman–Crippen MR) is 421 cm³/mol. The molecule has 0 spiro atoms. The number of hydrogen-bond donors (Lipinski definition) is 3. The Morgan fingerprint density at radius 2 is 0.723 bits per heavy atom. The van der Waals surface area contributed by atoms with Crippen molar-refractivity contribution in [1.29, 1.82) is 0 Å². The van der Waals surface area contributed by atoms with E-state index in [1.54, 1.807) is 0 Å². The van der Waals surface area contributed by atoms with Crippen molar-refractivity contribution in [2.75, 3.05) is 97.5 Å². The molecule has 0 bridgehead atoms. The maximum atomic E-state index is 12.6. The Morgan fingerprint density at radius 1 is 0.455 bits per heavy atom. The molecule has 0 aromatic heterocycles. The third-order valence-corrected chi connectivity index (χ3v) is 25.3. The molecule has 4 aliphatic carbocycles. The highest BCUT2D eigenvalue weighted by atomic mass is 35.5. The van der Waals surface area contributed by atoms with E-state index in [1.807, 2.05) is 105 Å². The fourth-order valence-corrected chi connectivity index (χ4v) is 18.7. The number of alkyl halides is 1. The molecule has 101 heavy (non-hydrogen) atoms. The van der Waals surface area contributed by atoms with E-state index in [-0.39, 0.29) is 93.4 Å². The van der Waals surface area contributed by atoms with E-state index in [2.05, 4.69) is 34.3 Å². The molecule has 6 heterocycles. The zero-order valence-electron chi connectivity index (χ0n) is 64.0. The van der Waals surface area contributed by atoms with Crippen molar-refractivity contribution in [2.45, 2.75) is 330 Å². The number of carbonyl (C=O) groups excluding carboxylic acids is 6. The number of β-lactam (4-membered cyclic amide) rings is 2. The van der Waals surface area contributed by atoms with Gasteiger partial charge in [0.2, 0.25) is 17.7 Å². The number of nitrogens with one attached hydrogen (secondary N) is 2. The standard InChI is InChI=1S/C22H39ClN2O3.C22H38N2O3.C17H32N2O2.C17H30N2O.4CH4.ClH/c1-20(2,3)28-19(27)25-13-11-22(12-14-25,17-9-7-6-8-10-17)16-24-18(26)21(4,5)15-23;1-20(2,3)27-19(26)23-13-11-22(12-14-23,17-9-7-6-8-10-17)16-24-15-21(4,5)18(24)25;1-16(2,3)21-15(20)19-11-9-17(13-18,10-12-19)14-7-5-4-6-8-14;1-16(2)12-19(15(16)20)13-17(8-10-18-11-9-17)14-6-4-3-5-7-14;;;;;/h17H,6-16H2,1-5H3,(H,24,26);17H,6-16H2,1-5H3;14H,4-13,18H2,1-3H3;14,18H,3-13H2,1-2H3;4*1H4;1H. The molecule has 17 nitrogen and oxygen atoms in total. The third kappa shape index (κ3) is 25.7. The van der Waals surface area contributed by atoms with Crippen LogP contribution in [0.25, 0.3) is 0 Å². The minimum atomic E-state index is -0.563. The molecule has 4 N–H and O–H groups in total. The van der Waals surface area contributed by atoms with Crippen LogP contribution in [0.3, 0.4) is 0 Å². The summed E-state index contributed by atoms with van der Waals surface area (Å²) in [6.07, 6.45) is 34.3. The summed E-state index contributed by atoms with van der Waals surface area (Å²) in [5.41, 5.74) is 4.88. The molecule has 0 radical (unpaired) electrons. The zero-order chi connectivity index (χ0) is 70.6. The van der Waals surface area contributed by atoms with E-state index in [4.69, 9.17) is 31.5 Å². The lowest BCUT2D eigenvalue weighted by Gasteiger charge is -2.54. The van der Waals surface area contributed by atoms with E-state index in [0.717, 1.165) is 122 Å². The summed E-state index contributed by atoms with van der Waals surface area (Å²) in [6, 6.07) is 0. The number of rotatable bonds is 13. The number of piperidine rings is 4. The Bertz CT molecular complexity index is 2510. The van der Waals surface area contributed by atoms with E-state index < -0.39 is 22.2 Å². The Balaban J connectivity index is 0.000000454. The maximum absolute atomic E-state index is 12.6. The largest absolute Gasteiger partial charge is 0.444 e. The van der Waals surface area contributed by atoms with Crippen LogP contribution in [-0.4, -0.2) is 175 Å². The third-order valence-electron chi connectivity index (χ3n) is 24.6. The molecule has 0 aromatic rings. The molecule has 0 aromatic carbocycles. The van der Waals surface area contributed by atoms with Crippen molar-refractivity contribution in [2.24, 2.45) is 67.3 Å². The summed E-state index contributed by atoms with van der Waals surface area (Å²) < 4.78 is 16.6. The van der Waals surface area contributed by atoms with E-state index in [1.165, 1.54) is 141 Å². The summed E-state index contributed by atoms with van der Waals surface area (Å²) >= 11 is 5.98. The molecular weight excluding hydrogens is 1310 g/mol. The smallest absolute Gasteiger partial charge is 0.410 e. The summed E-state index contributed by atoms with van der Waals surface area (Å²) in [5.74, 6) is 3.92. The molecule has 10 fully saturated rings. The van der Waals surface area contributed by atoms with Gasteiger partial charge in [-0.2, -0.15) is 0 Å². The Kier molecular flexibility index (Phi) is 36.7. The maximum Gasteiger partial charge on any atom is 0.410 e. The molecule has 19 heteroatoms. The fraction of sp³-hybridized carbons (Fsp3) is 0.927. The zero-order valence-corrected chi connectivity index (χ0v) is 65.6. The van der Waals surface area contributed by atoms with Crippen molar-refractivity contribution in [3.8, 4) is 0 Å². The SMILES string of the molecule is C.C.C.C.CC(C)(C)OC(=O)N1CCC(CN)(C2CCCCC2)CC1.CC(C)(C)OC(=O)N1CCC(CN2CC(C)(C)C2=O)(C2CCCCC2)CC1.CC(C)(C)OC(=O)N1CCC(CNC(=O)C(C)(C)CCl)(C2CCCCC2)CC1.CC1(C)CN(CC2(C3CCCCC3)CCNCC2)C1=O.Cl. The number of amides is 6. The minimum absolute atomic E-state index is 0. The number of nitrogens with zero attached hydrogens (tertiary/aromatic N) is 5. The molecule has 6 aliphatic heterocycles. The van der Waals surface area contributed by atoms with Crippen LogP contribution in [0.2, 0.25) is 0 Å². The summed E-state index contributed by atoms with van der Waals surface area (Å²) in [6.45, 7) is 41.2. The first-order valence-electron chi connectivity index (χ1n) is 38.7. The van der Waals surface area contributed by atoms with E-state index in [9.17, 15) is 28.8 Å². The monoisotopic (exact) mass is 1470 g/mol. The summed E-state index contributed by atoms with van der Waals surface area (Å²) in [5, 5.41) is 6.72. The van der Waals surface area contributed by atoms with Crippen molar-refractivity contribution >= 4 is 60.0 Å². The average Bonchev–Trinajstić information content (AvgIpc) is 0.762. The highest BCUT2D eigenvalue weighted by Gasteiger charge is 2.53. The second-order valence-electron chi connectivity index (χ2n) is 36.9. The lowest BCUT2D eigenvalue weighted by atomic mass is 9.62. The van der Waals surface area contributed by atoms with Crippen LogP contribution in [0.1, 0.15) is 313 Å². The van der Waals surface area contributed by atoms with Gasteiger partial charge in [0.25, 0.3) is 0 Å². The first-order chi connectivity index (χ1) is 44.9. The lowest BCUT2D eigenvalue weighted by Crippen LogP contribution is -2.63. The molecule has 4 saturated carbocycles. The van der Waals surface area contributed by atoms with Gasteiger partial charge in [0.15, 0.2) is 0 Å². The molecule has 10 aliphatic rings. The van der Waals surface area contributed by atoms with Crippen molar-refractivity contribution in [3.05, 3.63) is 0 Å². The van der Waals surface area contributed by atoms with Crippen LogP contribution in [0.4, 0.5) is 14.4 Å². The van der Waals surface area contributed by atoms with Gasteiger partial charge < -0.3 is 55.1 Å². The normalized spacial score (nSPS) is 23.8. The van der Waals surface area contributed by atoms with Crippen LogP contribution in [0, 0.1) is 61.6 Å². The van der Waals surface area contributed by atoms with E-state index >= 15 is 0 Å². The van der Waals surface area contributed by atoms with Crippen LogP contribution >= 0.6 is 24.0 Å². The number of ether oxygens (including phenoxy) is 3. The number of halogens is 2. The number of likely N-dealkylation sites (tertiary alicyclic amines) is 5.